The van der Waals surface area contributed by atoms with E-state index in [1.807, 2.05) is 0 Å². The first-order valence-corrected chi connectivity index (χ1v) is 8.74. The van der Waals surface area contributed by atoms with Gasteiger partial charge in [0.2, 0.25) is 5.13 Å². The molecule has 0 aliphatic carbocycles. The van der Waals surface area contributed by atoms with Crippen molar-refractivity contribution in [3.63, 3.8) is 0 Å². The molecule has 1 N–H and O–H groups in total. The summed E-state index contributed by atoms with van der Waals surface area (Å²) in [5, 5.41) is 14.9. The molecule has 0 radical (unpaired) electrons. The molecule has 0 aliphatic heterocycles. The van der Waals surface area contributed by atoms with Crippen LogP contribution in [0.5, 0.6) is 0 Å². The van der Waals surface area contributed by atoms with Crippen LogP contribution >= 0.6 is 22.7 Å². The Labute approximate surface area is 128 Å². The van der Waals surface area contributed by atoms with Gasteiger partial charge in [0, 0.05) is 6.04 Å². The van der Waals surface area contributed by atoms with Crippen molar-refractivity contribution in [1.29, 1.82) is 0 Å². The smallest absolute Gasteiger partial charge is 0.206 e. The molecule has 0 bridgehead atoms. The van der Waals surface area contributed by atoms with Crippen molar-refractivity contribution in [2.75, 3.05) is 5.32 Å². The number of anilines is 1. The Morgan fingerprint density at radius 2 is 1.85 bits per heavy atom. The second kappa shape index (κ2) is 6.63. The van der Waals surface area contributed by atoms with Gasteiger partial charge in [0.15, 0.2) is 5.01 Å². The summed E-state index contributed by atoms with van der Waals surface area (Å²) in [7, 11) is 0. The van der Waals surface area contributed by atoms with E-state index < -0.39 is 0 Å². The fraction of sp³-hybridized carbons (Fsp3) is 0.643. The maximum Gasteiger partial charge on any atom is 0.206 e. The van der Waals surface area contributed by atoms with Crippen LogP contribution in [0.4, 0.5) is 5.13 Å². The van der Waals surface area contributed by atoms with Gasteiger partial charge in [0.1, 0.15) is 0 Å². The second-order valence-electron chi connectivity index (χ2n) is 5.44. The summed E-state index contributed by atoms with van der Waals surface area (Å²) in [5.74, 6) is 0.414. The first-order valence-electron chi connectivity index (χ1n) is 7.11. The fourth-order valence-electron chi connectivity index (χ4n) is 1.86. The Kier molecular flexibility index (Phi) is 5.10. The van der Waals surface area contributed by atoms with E-state index in [0.717, 1.165) is 28.7 Å². The Morgan fingerprint density at radius 3 is 2.45 bits per heavy atom. The number of rotatable bonds is 6. The van der Waals surface area contributed by atoms with E-state index in [9.17, 15) is 0 Å². The molecule has 0 fully saturated rings. The zero-order valence-electron chi connectivity index (χ0n) is 12.7. The molecule has 2 aromatic heterocycles. The molecular weight excluding hydrogens is 288 g/mol. The van der Waals surface area contributed by atoms with Gasteiger partial charge in [-0.3, -0.25) is 0 Å². The molecule has 2 rings (SSSR count). The van der Waals surface area contributed by atoms with Gasteiger partial charge >= 0.3 is 0 Å². The Hall–Kier alpha value is -1.01. The summed E-state index contributed by atoms with van der Waals surface area (Å²) in [6.45, 7) is 10.8. The first kappa shape index (κ1) is 15.4. The van der Waals surface area contributed by atoms with Gasteiger partial charge in [-0.15, -0.1) is 21.5 Å². The lowest BCUT2D eigenvalue weighted by Crippen LogP contribution is -2.08. The van der Waals surface area contributed by atoms with Gasteiger partial charge in [-0.25, -0.2) is 4.98 Å². The van der Waals surface area contributed by atoms with Gasteiger partial charge in [0.05, 0.1) is 15.6 Å². The normalized spacial score (nSPS) is 11.6. The highest BCUT2D eigenvalue weighted by Crippen LogP contribution is 2.37. The van der Waals surface area contributed by atoms with Crippen molar-refractivity contribution in [3.8, 4) is 9.88 Å². The first-order chi connectivity index (χ1) is 9.51. The van der Waals surface area contributed by atoms with Gasteiger partial charge in [-0.05, 0) is 32.6 Å². The van der Waals surface area contributed by atoms with Crippen LogP contribution in [-0.4, -0.2) is 21.2 Å². The Balaban J connectivity index is 2.32. The molecule has 2 heterocycles. The lowest BCUT2D eigenvalue weighted by atomic mass is 10.1. The van der Waals surface area contributed by atoms with Crippen molar-refractivity contribution in [1.82, 2.24) is 15.2 Å². The second-order valence-corrected chi connectivity index (χ2v) is 7.50. The van der Waals surface area contributed by atoms with E-state index >= 15 is 0 Å². The van der Waals surface area contributed by atoms with Crippen LogP contribution in [0.25, 0.3) is 9.88 Å². The monoisotopic (exact) mass is 310 g/mol. The van der Waals surface area contributed by atoms with E-state index in [-0.39, 0.29) is 0 Å². The quantitative estimate of drug-likeness (QED) is 0.850. The molecule has 0 aliphatic rings. The largest absolute Gasteiger partial charge is 0.358 e. The molecule has 0 amide bonds. The minimum atomic E-state index is 0.373. The highest BCUT2D eigenvalue weighted by Gasteiger charge is 2.19. The van der Waals surface area contributed by atoms with E-state index in [0.29, 0.717) is 12.0 Å². The molecule has 2 aromatic rings. The number of nitrogens with zero attached hydrogens (tertiary/aromatic N) is 3. The molecule has 0 aromatic carbocycles. The van der Waals surface area contributed by atoms with Gasteiger partial charge in [-0.1, -0.05) is 32.1 Å². The Bertz CT molecular complexity index is 557. The molecule has 4 nitrogen and oxygen atoms in total. The third-order valence-corrected chi connectivity index (χ3v) is 4.88. The van der Waals surface area contributed by atoms with Crippen LogP contribution in [-0.2, 0) is 6.42 Å². The molecule has 0 saturated heterocycles. The fourth-order valence-corrected chi connectivity index (χ4v) is 4.15. The number of nitrogens with one attached hydrogen (secondary N) is 1. The van der Waals surface area contributed by atoms with Crippen molar-refractivity contribution < 1.29 is 0 Å². The molecule has 0 saturated carbocycles. The molecule has 0 unspecified atom stereocenters. The van der Waals surface area contributed by atoms with Crippen molar-refractivity contribution in [2.24, 2.45) is 0 Å². The predicted octanol–water partition coefficient (Wildman–Crippen LogP) is 4.56. The number of thiazole rings is 1. The summed E-state index contributed by atoms with van der Waals surface area (Å²) in [5.41, 5.74) is 1.16. The van der Waals surface area contributed by atoms with Crippen LogP contribution in [0, 0.1) is 0 Å². The van der Waals surface area contributed by atoms with E-state index in [4.69, 9.17) is 4.98 Å². The number of hydrogen-bond acceptors (Lipinski definition) is 6. The van der Waals surface area contributed by atoms with Crippen LogP contribution in [0.3, 0.4) is 0 Å². The molecule has 0 spiro atoms. The molecule has 6 heteroatoms. The predicted molar refractivity (Wildman–Crippen MR) is 87.9 cm³/mol. The topological polar surface area (TPSA) is 50.7 Å². The van der Waals surface area contributed by atoms with Crippen molar-refractivity contribution in [2.45, 2.75) is 59.4 Å². The highest BCUT2D eigenvalue weighted by atomic mass is 32.1. The number of aromatic nitrogens is 3. The molecular formula is C14H22N4S2. The van der Waals surface area contributed by atoms with Gasteiger partial charge in [0.25, 0.3) is 0 Å². The highest BCUT2D eigenvalue weighted by molar-refractivity contribution is 7.23. The maximum absolute atomic E-state index is 4.78. The lowest BCUT2D eigenvalue weighted by Gasteiger charge is -2.03. The van der Waals surface area contributed by atoms with Crippen LogP contribution in [0.15, 0.2) is 0 Å². The summed E-state index contributed by atoms with van der Waals surface area (Å²) < 4.78 is 0. The van der Waals surface area contributed by atoms with Crippen LogP contribution in [0.2, 0.25) is 0 Å². The zero-order chi connectivity index (χ0) is 14.7. The number of hydrogen-bond donors (Lipinski definition) is 1. The average Bonchev–Trinajstić information content (AvgIpc) is 2.95. The van der Waals surface area contributed by atoms with Gasteiger partial charge < -0.3 is 5.32 Å². The SMILES string of the molecule is CCCc1nc(C(C)C)c(-c2nnc(NC(C)C)s2)s1. The summed E-state index contributed by atoms with van der Waals surface area (Å²) in [6.07, 6.45) is 2.17. The van der Waals surface area contributed by atoms with Crippen LogP contribution < -0.4 is 5.32 Å². The van der Waals surface area contributed by atoms with E-state index in [2.05, 4.69) is 50.1 Å². The van der Waals surface area contributed by atoms with E-state index in [1.54, 1.807) is 22.7 Å². The van der Waals surface area contributed by atoms with Crippen LogP contribution in [0.1, 0.15) is 57.7 Å². The standard InChI is InChI=1S/C14H22N4S2/c1-6-7-10-16-11(8(2)3)12(19-10)13-17-18-14(20-13)15-9(4)5/h8-9H,6-7H2,1-5H3,(H,15,18). The average molecular weight is 310 g/mol. The van der Waals surface area contributed by atoms with Crippen molar-refractivity contribution >= 4 is 27.8 Å². The number of aryl methyl sites for hydroxylation is 1. The maximum atomic E-state index is 4.78. The molecule has 0 atom stereocenters. The summed E-state index contributed by atoms with van der Waals surface area (Å²) >= 11 is 3.38. The van der Waals surface area contributed by atoms with Crippen molar-refractivity contribution in [3.05, 3.63) is 10.7 Å². The molecule has 110 valence electrons. The van der Waals surface area contributed by atoms with Gasteiger partial charge in [-0.2, -0.15) is 0 Å². The lowest BCUT2D eigenvalue weighted by molar-refractivity contribution is 0.813. The summed E-state index contributed by atoms with van der Waals surface area (Å²) in [6, 6.07) is 0.373. The third-order valence-electron chi connectivity index (χ3n) is 2.74. The zero-order valence-corrected chi connectivity index (χ0v) is 14.4. The minimum Gasteiger partial charge on any atom is -0.358 e. The van der Waals surface area contributed by atoms with E-state index in [1.165, 1.54) is 9.88 Å². The summed E-state index contributed by atoms with van der Waals surface area (Å²) in [4.78, 5) is 5.98. The molecule has 20 heavy (non-hydrogen) atoms. The minimum absolute atomic E-state index is 0.373. The Morgan fingerprint density at radius 1 is 1.10 bits per heavy atom. The third kappa shape index (κ3) is 3.55.